The zero-order valence-electron chi connectivity index (χ0n) is 14.6. The third kappa shape index (κ3) is 3.76. The van der Waals surface area contributed by atoms with Crippen molar-refractivity contribution in [1.29, 1.82) is 0 Å². The van der Waals surface area contributed by atoms with E-state index in [1.54, 1.807) is 24.3 Å². The quantitative estimate of drug-likeness (QED) is 0.552. The van der Waals surface area contributed by atoms with Crippen LogP contribution in [0, 0.1) is 20.2 Å². The van der Waals surface area contributed by atoms with Crippen LogP contribution in [0.15, 0.2) is 36.4 Å². The van der Waals surface area contributed by atoms with Crippen molar-refractivity contribution in [3.05, 3.63) is 67.8 Å². The number of rotatable bonds is 6. The average molecular weight is 343 g/mol. The number of hydrogen-bond donors (Lipinski definition) is 1. The molecule has 0 aromatic heterocycles. The second-order valence-electron chi connectivity index (χ2n) is 6.43. The molecule has 132 valence electrons. The van der Waals surface area contributed by atoms with Gasteiger partial charge in [-0.25, -0.2) is 0 Å². The van der Waals surface area contributed by atoms with Gasteiger partial charge in [-0.3, -0.25) is 20.2 Å². The van der Waals surface area contributed by atoms with Crippen molar-refractivity contribution in [3.8, 4) is 0 Å². The molecule has 0 heterocycles. The molecule has 0 aliphatic heterocycles. The van der Waals surface area contributed by atoms with Crippen LogP contribution in [0.4, 0.5) is 22.7 Å². The van der Waals surface area contributed by atoms with E-state index in [1.807, 2.05) is 27.7 Å². The molecular formula is C18H21N3O4. The molecule has 7 heteroatoms. The summed E-state index contributed by atoms with van der Waals surface area (Å²) in [5, 5.41) is 25.9. The van der Waals surface area contributed by atoms with Gasteiger partial charge in [0.1, 0.15) is 0 Å². The minimum atomic E-state index is -0.405. The lowest BCUT2D eigenvalue weighted by Crippen LogP contribution is -2.06. The lowest BCUT2D eigenvalue weighted by Gasteiger charge is -2.18. The average Bonchev–Trinajstić information content (AvgIpc) is 2.53. The van der Waals surface area contributed by atoms with Crippen LogP contribution in [0.3, 0.4) is 0 Å². The highest BCUT2D eigenvalue weighted by atomic mass is 16.6. The highest BCUT2D eigenvalue weighted by Crippen LogP contribution is 2.38. The first-order valence-electron chi connectivity index (χ1n) is 8.05. The Bertz CT molecular complexity index is 748. The van der Waals surface area contributed by atoms with E-state index in [4.69, 9.17) is 0 Å². The fourth-order valence-corrected chi connectivity index (χ4v) is 3.00. The summed E-state index contributed by atoms with van der Waals surface area (Å²) < 4.78 is 0. The van der Waals surface area contributed by atoms with Gasteiger partial charge >= 0.3 is 0 Å². The molecule has 2 aromatic carbocycles. The molecule has 0 fully saturated rings. The molecule has 2 rings (SSSR count). The van der Waals surface area contributed by atoms with Crippen LogP contribution >= 0.6 is 0 Å². The Morgan fingerprint density at radius 3 is 1.40 bits per heavy atom. The molecular weight excluding hydrogens is 322 g/mol. The fourth-order valence-electron chi connectivity index (χ4n) is 3.00. The van der Waals surface area contributed by atoms with E-state index in [2.05, 4.69) is 5.32 Å². The molecule has 0 spiro atoms. The molecule has 7 nitrogen and oxygen atoms in total. The number of nitrogens with one attached hydrogen (secondary N) is 1. The van der Waals surface area contributed by atoms with Gasteiger partial charge in [-0.1, -0.05) is 39.8 Å². The van der Waals surface area contributed by atoms with Crippen LogP contribution in [0.1, 0.15) is 50.7 Å². The summed E-state index contributed by atoms with van der Waals surface area (Å²) >= 11 is 0. The molecule has 0 radical (unpaired) electrons. The SMILES string of the molecule is CC(C)c1c(Nc2cccc([N+](=O)[O-])c2C(C)C)cccc1[N+](=O)[O-]. The standard InChI is InChI=1S/C18H21N3O4/c1-11(2)17-13(7-5-9-15(17)20(22)23)19-14-8-6-10-16(21(24)25)18(14)12(3)4/h5-12,19H,1-4H3. The van der Waals surface area contributed by atoms with Crippen molar-refractivity contribution in [2.24, 2.45) is 0 Å². The normalized spacial score (nSPS) is 11.0. The summed E-state index contributed by atoms with van der Waals surface area (Å²) in [6.07, 6.45) is 0. The first kappa shape index (κ1) is 18.4. The number of nitro benzene ring substituents is 2. The minimum Gasteiger partial charge on any atom is -0.355 e. The molecule has 0 aliphatic carbocycles. The lowest BCUT2D eigenvalue weighted by molar-refractivity contribution is -0.385. The fraction of sp³-hybridized carbons (Fsp3) is 0.333. The van der Waals surface area contributed by atoms with Gasteiger partial charge < -0.3 is 5.32 Å². The summed E-state index contributed by atoms with van der Waals surface area (Å²) in [5.41, 5.74) is 2.41. The van der Waals surface area contributed by atoms with E-state index < -0.39 is 9.85 Å². The molecule has 0 saturated carbocycles. The monoisotopic (exact) mass is 343 g/mol. The van der Waals surface area contributed by atoms with Crippen LogP contribution in [0.25, 0.3) is 0 Å². The van der Waals surface area contributed by atoms with Gasteiger partial charge in [-0.15, -0.1) is 0 Å². The van der Waals surface area contributed by atoms with E-state index in [-0.39, 0.29) is 23.2 Å². The molecule has 0 aliphatic rings. The van der Waals surface area contributed by atoms with Crippen LogP contribution in [-0.4, -0.2) is 9.85 Å². The van der Waals surface area contributed by atoms with Gasteiger partial charge in [0, 0.05) is 23.5 Å². The van der Waals surface area contributed by atoms with Crippen molar-refractivity contribution < 1.29 is 9.85 Å². The molecule has 0 amide bonds. The number of nitrogens with zero attached hydrogens (tertiary/aromatic N) is 2. The predicted octanol–water partition coefficient (Wildman–Crippen LogP) is 5.49. The lowest BCUT2D eigenvalue weighted by atomic mass is 9.96. The van der Waals surface area contributed by atoms with Crippen molar-refractivity contribution in [1.82, 2.24) is 0 Å². The maximum atomic E-state index is 11.3. The van der Waals surface area contributed by atoms with Crippen LogP contribution in [0.5, 0.6) is 0 Å². The smallest absolute Gasteiger partial charge is 0.274 e. The van der Waals surface area contributed by atoms with Crippen LogP contribution < -0.4 is 5.32 Å². The maximum Gasteiger partial charge on any atom is 0.274 e. The Balaban J connectivity index is 2.62. The summed E-state index contributed by atoms with van der Waals surface area (Å²) in [6, 6.07) is 9.67. The van der Waals surface area contributed by atoms with Crippen molar-refractivity contribution in [2.45, 2.75) is 39.5 Å². The maximum absolute atomic E-state index is 11.3. The summed E-state index contributed by atoms with van der Waals surface area (Å²) in [5.74, 6) is -0.157. The number of nitro groups is 2. The van der Waals surface area contributed by atoms with E-state index in [1.165, 1.54) is 12.1 Å². The molecule has 25 heavy (non-hydrogen) atoms. The molecule has 1 N–H and O–H groups in total. The first-order valence-corrected chi connectivity index (χ1v) is 8.05. The summed E-state index contributed by atoms with van der Waals surface area (Å²) in [6.45, 7) is 7.52. The molecule has 2 aromatic rings. The van der Waals surface area contributed by atoms with Gasteiger partial charge in [0.05, 0.1) is 21.0 Å². The first-order chi connectivity index (χ1) is 11.7. The molecule has 0 saturated heterocycles. The van der Waals surface area contributed by atoms with Gasteiger partial charge in [0.25, 0.3) is 11.4 Å². The summed E-state index contributed by atoms with van der Waals surface area (Å²) in [4.78, 5) is 21.9. The largest absolute Gasteiger partial charge is 0.355 e. The predicted molar refractivity (Wildman–Crippen MR) is 97.7 cm³/mol. The van der Waals surface area contributed by atoms with Gasteiger partial charge in [-0.05, 0) is 24.0 Å². The highest BCUT2D eigenvalue weighted by Gasteiger charge is 2.23. The van der Waals surface area contributed by atoms with Crippen LogP contribution in [-0.2, 0) is 0 Å². The van der Waals surface area contributed by atoms with Crippen molar-refractivity contribution >= 4 is 22.7 Å². The Morgan fingerprint density at radius 2 is 1.12 bits per heavy atom. The Labute approximate surface area is 146 Å². The molecule has 0 unspecified atom stereocenters. The van der Waals surface area contributed by atoms with Crippen molar-refractivity contribution in [3.63, 3.8) is 0 Å². The molecule has 0 bridgehead atoms. The van der Waals surface area contributed by atoms with E-state index in [0.717, 1.165) is 0 Å². The Hall–Kier alpha value is -2.96. The van der Waals surface area contributed by atoms with E-state index in [0.29, 0.717) is 22.5 Å². The number of benzene rings is 2. The van der Waals surface area contributed by atoms with Gasteiger partial charge in [0.15, 0.2) is 0 Å². The van der Waals surface area contributed by atoms with E-state index in [9.17, 15) is 20.2 Å². The number of hydrogen-bond acceptors (Lipinski definition) is 5. The molecule has 0 atom stereocenters. The second-order valence-corrected chi connectivity index (χ2v) is 6.43. The third-order valence-corrected chi connectivity index (χ3v) is 3.98. The minimum absolute atomic E-state index is 0.0385. The Morgan fingerprint density at radius 1 is 0.760 bits per heavy atom. The van der Waals surface area contributed by atoms with E-state index >= 15 is 0 Å². The third-order valence-electron chi connectivity index (χ3n) is 3.98. The zero-order valence-corrected chi connectivity index (χ0v) is 14.6. The Kier molecular flexibility index (Phi) is 5.36. The number of anilines is 2. The van der Waals surface area contributed by atoms with Crippen molar-refractivity contribution in [2.75, 3.05) is 5.32 Å². The van der Waals surface area contributed by atoms with Crippen LogP contribution in [0.2, 0.25) is 0 Å². The topological polar surface area (TPSA) is 98.3 Å². The second kappa shape index (κ2) is 7.29. The summed E-state index contributed by atoms with van der Waals surface area (Å²) in [7, 11) is 0. The highest BCUT2D eigenvalue weighted by molar-refractivity contribution is 5.73. The van der Waals surface area contributed by atoms with Gasteiger partial charge in [0.2, 0.25) is 0 Å². The zero-order chi connectivity index (χ0) is 18.7. The van der Waals surface area contributed by atoms with Gasteiger partial charge in [-0.2, -0.15) is 0 Å².